The van der Waals surface area contributed by atoms with Crippen LogP contribution in [0.15, 0.2) is 11.3 Å². The summed E-state index contributed by atoms with van der Waals surface area (Å²) in [5.41, 5.74) is 4.01. The lowest BCUT2D eigenvalue weighted by Crippen LogP contribution is -2.46. The minimum atomic E-state index is -1.50. The molecular weight excluding hydrogens is 392 g/mol. The van der Waals surface area contributed by atoms with E-state index in [0.29, 0.717) is 11.8 Å². The van der Waals surface area contributed by atoms with E-state index in [9.17, 15) is 9.90 Å². The van der Waals surface area contributed by atoms with Gasteiger partial charge in [0.25, 0.3) is 0 Å². The molecule has 1 saturated heterocycles. The van der Waals surface area contributed by atoms with Crippen LogP contribution in [-0.4, -0.2) is 38.2 Å². The van der Waals surface area contributed by atoms with Crippen LogP contribution in [0.25, 0.3) is 0 Å². The number of ether oxygens (including phenoxy) is 2. The summed E-state index contributed by atoms with van der Waals surface area (Å²) in [5, 5.41) is 10.0. The lowest BCUT2D eigenvalue weighted by Gasteiger charge is -2.45. The van der Waals surface area contributed by atoms with E-state index >= 15 is 0 Å². The topological polar surface area (TPSA) is 55.8 Å². The molecular formula is C25H46O4Si. The highest BCUT2D eigenvalue weighted by Gasteiger charge is 2.43. The highest BCUT2D eigenvalue weighted by molar-refractivity contribution is 6.81. The van der Waals surface area contributed by atoms with Crippen molar-refractivity contribution in [3.05, 3.63) is 11.3 Å². The minimum Gasteiger partial charge on any atom is -0.481 e. The van der Waals surface area contributed by atoms with Gasteiger partial charge in [0.1, 0.15) is 0 Å². The largest absolute Gasteiger partial charge is 0.481 e. The zero-order valence-electron chi connectivity index (χ0n) is 20.9. The Labute approximate surface area is 185 Å². The van der Waals surface area contributed by atoms with E-state index < -0.39 is 19.8 Å². The fourth-order valence-electron chi connectivity index (χ4n) is 5.23. The van der Waals surface area contributed by atoms with Crippen molar-refractivity contribution in [2.75, 3.05) is 13.2 Å². The van der Waals surface area contributed by atoms with Crippen LogP contribution in [0.2, 0.25) is 19.6 Å². The van der Waals surface area contributed by atoms with Crippen LogP contribution >= 0.6 is 0 Å². The van der Waals surface area contributed by atoms with Crippen LogP contribution in [0.4, 0.5) is 0 Å². The van der Waals surface area contributed by atoms with Crippen molar-refractivity contribution >= 4 is 14.0 Å². The third-order valence-electron chi connectivity index (χ3n) is 6.96. The summed E-state index contributed by atoms with van der Waals surface area (Å²) in [6.45, 7) is 21.4. The van der Waals surface area contributed by atoms with Gasteiger partial charge in [0.15, 0.2) is 5.79 Å². The number of allylic oxidation sites excluding steroid dienone is 1. The van der Waals surface area contributed by atoms with Crippen molar-refractivity contribution in [3.63, 3.8) is 0 Å². The Morgan fingerprint density at radius 1 is 1.17 bits per heavy atom. The molecule has 0 bridgehead atoms. The van der Waals surface area contributed by atoms with Gasteiger partial charge in [-0.2, -0.15) is 0 Å². The number of carboxylic acids is 1. The minimum absolute atomic E-state index is 0.0671. The first-order valence-electron chi connectivity index (χ1n) is 11.9. The Bertz CT molecular complexity index is 622. The van der Waals surface area contributed by atoms with E-state index in [1.807, 2.05) is 0 Å². The lowest BCUT2D eigenvalue weighted by atomic mass is 9.64. The van der Waals surface area contributed by atoms with Gasteiger partial charge >= 0.3 is 5.97 Å². The number of rotatable bonds is 7. The lowest BCUT2D eigenvalue weighted by molar-refractivity contribution is -0.293. The predicted octanol–water partition coefficient (Wildman–Crippen LogP) is 6.38. The molecule has 0 radical (unpaired) electrons. The molecule has 2 aliphatic rings. The molecule has 1 aliphatic carbocycles. The Morgan fingerprint density at radius 3 is 2.20 bits per heavy atom. The van der Waals surface area contributed by atoms with Gasteiger partial charge in [-0.1, -0.05) is 65.5 Å². The fourth-order valence-corrected chi connectivity index (χ4v) is 6.66. The smallest absolute Gasteiger partial charge is 0.307 e. The standard InChI is InChI=1S/C25H46O4Si/c1-17(2)22(23(26)27)20-11-10-18(3)19(21(20)14-30(7,8)9)12-13-25(6)28-15-24(4,5)16-29-25/h14,17-20,22H,10-13,15-16H2,1-9H3,(H,26,27)/b21-14+/t18-,19+,20-,22-/m1/s1. The first-order valence-corrected chi connectivity index (χ1v) is 15.5. The average Bonchev–Trinajstić information content (AvgIpc) is 2.58. The average molecular weight is 439 g/mol. The van der Waals surface area contributed by atoms with Gasteiger partial charge in [0.05, 0.1) is 27.2 Å². The van der Waals surface area contributed by atoms with Gasteiger partial charge in [-0.25, -0.2) is 0 Å². The molecule has 0 aromatic heterocycles. The molecule has 0 aromatic rings. The molecule has 1 heterocycles. The number of carbonyl (C=O) groups is 1. The van der Waals surface area contributed by atoms with Gasteiger partial charge in [-0.3, -0.25) is 4.79 Å². The Morgan fingerprint density at radius 2 is 1.73 bits per heavy atom. The predicted molar refractivity (Wildman–Crippen MR) is 126 cm³/mol. The van der Waals surface area contributed by atoms with Crippen molar-refractivity contribution in [2.24, 2.45) is 35.0 Å². The first-order chi connectivity index (χ1) is 13.6. The van der Waals surface area contributed by atoms with Crippen LogP contribution in [0, 0.1) is 35.0 Å². The highest BCUT2D eigenvalue weighted by Crippen LogP contribution is 2.47. The zero-order valence-corrected chi connectivity index (χ0v) is 21.9. The summed E-state index contributed by atoms with van der Waals surface area (Å²) in [7, 11) is -1.50. The van der Waals surface area contributed by atoms with Crippen molar-refractivity contribution in [3.8, 4) is 0 Å². The second-order valence-electron chi connectivity index (χ2n) is 12.3. The molecule has 1 N–H and O–H groups in total. The SMILES string of the molecule is CC(C)[C@@H](C(=O)O)[C@@H]1CC[C@@H](C)[C@H](CCC2(C)OCC(C)(C)CO2)/C1=C\[Si](C)(C)C. The van der Waals surface area contributed by atoms with Crippen LogP contribution in [0.3, 0.4) is 0 Å². The van der Waals surface area contributed by atoms with Gasteiger partial charge in [0, 0.05) is 11.8 Å². The second kappa shape index (κ2) is 9.46. The molecule has 1 aliphatic heterocycles. The summed E-state index contributed by atoms with van der Waals surface area (Å²) in [5.74, 6) is -0.216. The van der Waals surface area contributed by atoms with Crippen LogP contribution in [0.5, 0.6) is 0 Å². The molecule has 0 aromatic carbocycles. The summed E-state index contributed by atoms with van der Waals surface area (Å²) < 4.78 is 12.3. The van der Waals surface area contributed by atoms with Crippen LogP contribution < -0.4 is 0 Å². The number of carboxylic acid groups (broad SMARTS) is 1. The molecule has 0 unspecified atom stereocenters. The van der Waals surface area contributed by atoms with Gasteiger partial charge in [-0.15, -0.1) is 0 Å². The summed E-state index contributed by atoms with van der Waals surface area (Å²) in [6.07, 6.45) is 3.94. The number of aliphatic carboxylic acids is 1. The zero-order chi connectivity index (χ0) is 22.9. The van der Waals surface area contributed by atoms with Crippen molar-refractivity contribution < 1.29 is 19.4 Å². The molecule has 1 saturated carbocycles. The number of hydrogen-bond acceptors (Lipinski definition) is 3. The molecule has 174 valence electrons. The summed E-state index contributed by atoms with van der Waals surface area (Å²) >= 11 is 0. The van der Waals surface area contributed by atoms with E-state index in [0.717, 1.165) is 38.9 Å². The Balaban J connectivity index is 2.28. The van der Waals surface area contributed by atoms with Crippen LogP contribution in [0.1, 0.15) is 67.2 Å². The summed E-state index contributed by atoms with van der Waals surface area (Å²) in [6, 6.07) is 0. The van der Waals surface area contributed by atoms with Gasteiger partial charge in [0.2, 0.25) is 0 Å². The van der Waals surface area contributed by atoms with E-state index in [4.69, 9.17) is 9.47 Å². The molecule has 4 nitrogen and oxygen atoms in total. The van der Waals surface area contributed by atoms with Gasteiger partial charge < -0.3 is 14.6 Å². The maximum Gasteiger partial charge on any atom is 0.307 e. The van der Waals surface area contributed by atoms with E-state index in [-0.39, 0.29) is 23.2 Å². The molecule has 0 spiro atoms. The Kier molecular flexibility index (Phi) is 8.07. The monoisotopic (exact) mass is 438 g/mol. The van der Waals surface area contributed by atoms with Crippen molar-refractivity contribution in [1.29, 1.82) is 0 Å². The summed E-state index contributed by atoms with van der Waals surface area (Å²) in [4.78, 5) is 12.2. The van der Waals surface area contributed by atoms with Gasteiger partial charge in [-0.05, 0) is 49.9 Å². The molecule has 0 amide bonds. The maximum atomic E-state index is 12.2. The maximum absolute atomic E-state index is 12.2. The van der Waals surface area contributed by atoms with Crippen molar-refractivity contribution in [1.82, 2.24) is 0 Å². The quantitative estimate of drug-likeness (QED) is 0.469. The number of hydrogen-bond donors (Lipinski definition) is 1. The van der Waals surface area contributed by atoms with Crippen LogP contribution in [-0.2, 0) is 14.3 Å². The molecule has 2 rings (SSSR count). The fraction of sp³-hybridized carbons (Fsp3) is 0.880. The first kappa shape index (κ1) is 25.6. The molecule has 5 heteroatoms. The van der Waals surface area contributed by atoms with Crippen molar-refractivity contribution in [2.45, 2.75) is 92.7 Å². The third kappa shape index (κ3) is 6.67. The molecule has 4 atom stereocenters. The van der Waals surface area contributed by atoms with E-state index in [2.05, 4.69) is 66.9 Å². The Hall–Kier alpha value is -0.653. The second-order valence-corrected chi connectivity index (χ2v) is 17.3. The van der Waals surface area contributed by atoms with E-state index in [1.54, 1.807) is 0 Å². The highest BCUT2D eigenvalue weighted by atomic mass is 28.3. The third-order valence-corrected chi connectivity index (χ3v) is 8.16. The molecule has 30 heavy (non-hydrogen) atoms. The normalized spacial score (nSPS) is 31.7. The van der Waals surface area contributed by atoms with E-state index in [1.165, 1.54) is 5.57 Å². The molecule has 2 fully saturated rings.